The van der Waals surface area contributed by atoms with E-state index < -0.39 is 6.86 Å². The molecule has 0 aliphatic heterocycles. The molecule has 2 rings (SSSR count). The van der Waals surface area contributed by atoms with Crippen molar-refractivity contribution in [3.05, 3.63) is 35.3 Å². The number of imidazole rings is 1. The van der Waals surface area contributed by atoms with Crippen molar-refractivity contribution < 1.29 is 23.5 Å². The maximum absolute atomic E-state index is 12.8. The highest BCUT2D eigenvalue weighted by Gasteiger charge is 2.23. The van der Waals surface area contributed by atoms with Gasteiger partial charge < -0.3 is 24.3 Å². The molecule has 9 heteroatoms. The van der Waals surface area contributed by atoms with Crippen molar-refractivity contribution in [2.45, 2.75) is 13.8 Å². The van der Waals surface area contributed by atoms with Gasteiger partial charge in [-0.3, -0.25) is 9.59 Å². The summed E-state index contributed by atoms with van der Waals surface area (Å²) in [4.78, 5) is 29.8. The van der Waals surface area contributed by atoms with E-state index >= 15 is 0 Å². The Kier molecular flexibility index (Phi) is 7.76. The number of methoxy groups -OCH3 is 1. The van der Waals surface area contributed by atoms with Crippen LogP contribution in [0.3, 0.4) is 0 Å². The molecule has 2 aromatic rings. The monoisotopic (exact) mass is 404 g/mol. The van der Waals surface area contributed by atoms with Crippen molar-refractivity contribution in [1.29, 1.82) is 0 Å². The number of nitrogens with one attached hydrogen (secondary N) is 1. The Balaban J connectivity index is 2.40. The molecule has 1 heterocycles. The van der Waals surface area contributed by atoms with Gasteiger partial charge in [-0.05, 0) is 37.6 Å². The predicted octanol–water partition coefficient (Wildman–Crippen LogP) is 2.96. The van der Waals surface area contributed by atoms with E-state index in [0.29, 0.717) is 31.1 Å². The summed E-state index contributed by atoms with van der Waals surface area (Å²) in [7, 11) is 3.17. The quantitative estimate of drug-likeness (QED) is 0.616. The number of halogens is 1. The molecule has 0 atom stereocenters. The molecule has 8 nitrogen and oxygen atoms in total. The molecule has 2 amide bonds. The Morgan fingerprint density at radius 3 is 2.59 bits per heavy atom. The smallest absolute Gasteiger partial charge is 0.274 e. The average Bonchev–Trinajstić information content (AvgIpc) is 3.03. The molecule has 1 aromatic carbocycles. The largest absolute Gasteiger partial charge is 0.493 e. The standard InChI is InChI=1S/C20H25FN4O4/c1-5-25(6-2)20(27)18-19(22-13-26)23-17(24(18)3)10-8-14-7-9-15(28-4)16(11-14)29-12-21/h7-11,13H,5-6,12H2,1-4H3,(H,22,26)/b10-8+. The van der Waals surface area contributed by atoms with Gasteiger partial charge in [0.2, 0.25) is 13.3 Å². The lowest BCUT2D eigenvalue weighted by Crippen LogP contribution is -2.32. The first kappa shape index (κ1) is 21.9. The lowest BCUT2D eigenvalue weighted by molar-refractivity contribution is -0.105. The minimum absolute atomic E-state index is 0.190. The van der Waals surface area contributed by atoms with Crippen molar-refractivity contribution in [2.24, 2.45) is 7.05 Å². The summed E-state index contributed by atoms with van der Waals surface area (Å²) in [5, 5.41) is 2.49. The highest BCUT2D eigenvalue weighted by Crippen LogP contribution is 2.29. The van der Waals surface area contributed by atoms with Crippen LogP contribution in [0.1, 0.15) is 35.7 Å². The normalized spacial score (nSPS) is 10.8. The van der Waals surface area contributed by atoms with Gasteiger partial charge in [0.15, 0.2) is 23.0 Å². The third-order valence-corrected chi connectivity index (χ3v) is 4.40. The van der Waals surface area contributed by atoms with Crippen LogP contribution >= 0.6 is 0 Å². The van der Waals surface area contributed by atoms with Crippen LogP contribution in [-0.4, -0.2) is 53.8 Å². The molecule has 1 aromatic heterocycles. The highest BCUT2D eigenvalue weighted by molar-refractivity contribution is 5.99. The van der Waals surface area contributed by atoms with Crippen LogP contribution in [0.4, 0.5) is 10.2 Å². The van der Waals surface area contributed by atoms with E-state index in [9.17, 15) is 14.0 Å². The number of carbonyl (C=O) groups is 2. The third-order valence-electron chi connectivity index (χ3n) is 4.40. The molecule has 0 unspecified atom stereocenters. The summed E-state index contributed by atoms with van der Waals surface area (Å²) in [5.74, 6) is 1.13. The molecule has 0 saturated heterocycles. The van der Waals surface area contributed by atoms with Crippen LogP contribution in [0.2, 0.25) is 0 Å². The maximum atomic E-state index is 12.8. The van der Waals surface area contributed by atoms with Crippen LogP contribution in [0.5, 0.6) is 11.5 Å². The number of nitrogens with zero attached hydrogens (tertiary/aromatic N) is 3. The van der Waals surface area contributed by atoms with Gasteiger partial charge in [-0.2, -0.15) is 0 Å². The van der Waals surface area contributed by atoms with Crippen LogP contribution in [0.15, 0.2) is 18.2 Å². The second-order valence-electron chi connectivity index (χ2n) is 5.96. The number of aromatic nitrogens is 2. The summed E-state index contributed by atoms with van der Waals surface area (Å²) >= 11 is 0. The fourth-order valence-electron chi connectivity index (χ4n) is 2.87. The fourth-order valence-corrected chi connectivity index (χ4v) is 2.87. The highest BCUT2D eigenvalue weighted by atomic mass is 19.1. The first-order valence-electron chi connectivity index (χ1n) is 9.11. The lowest BCUT2D eigenvalue weighted by atomic mass is 10.2. The van der Waals surface area contributed by atoms with E-state index in [1.54, 1.807) is 46.9 Å². The Labute approximate surface area is 168 Å². The van der Waals surface area contributed by atoms with Gasteiger partial charge in [0, 0.05) is 20.1 Å². The van der Waals surface area contributed by atoms with Crippen molar-refractivity contribution in [2.75, 3.05) is 32.4 Å². The minimum Gasteiger partial charge on any atom is -0.493 e. The summed E-state index contributed by atoms with van der Waals surface area (Å²) in [5.41, 5.74) is 1.01. The number of carbonyl (C=O) groups excluding carboxylic acids is 2. The molecule has 1 N–H and O–H groups in total. The predicted molar refractivity (Wildman–Crippen MR) is 109 cm³/mol. The Morgan fingerprint density at radius 1 is 1.28 bits per heavy atom. The van der Waals surface area contributed by atoms with Gasteiger partial charge >= 0.3 is 0 Å². The average molecular weight is 404 g/mol. The van der Waals surface area contributed by atoms with Crippen LogP contribution in [0, 0.1) is 0 Å². The summed E-state index contributed by atoms with van der Waals surface area (Å²) in [6, 6.07) is 5.07. The van der Waals surface area contributed by atoms with Crippen LogP contribution < -0.4 is 14.8 Å². The zero-order valence-electron chi connectivity index (χ0n) is 16.9. The minimum atomic E-state index is -0.972. The molecule has 0 aliphatic carbocycles. The Bertz CT molecular complexity index is 891. The Morgan fingerprint density at radius 2 is 2.00 bits per heavy atom. The van der Waals surface area contributed by atoms with Gasteiger partial charge in [-0.15, -0.1) is 0 Å². The van der Waals surface area contributed by atoms with Crippen molar-refractivity contribution in [3.8, 4) is 11.5 Å². The molecule has 0 fully saturated rings. The summed E-state index contributed by atoms with van der Waals surface area (Å²) in [6.07, 6.45) is 3.91. The second kappa shape index (κ2) is 10.3. The second-order valence-corrected chi connectivity index (χ2v) is 5.96. The van der Waals surface area contributed by atoms with Gasteiger partial charge in [-0.25, -0.2) is 9.37 Å². The first-order valence-corrected chi connectivity index (χ1v) is 9.11. The molecule has 0 radical (unpaired) electrons. The molecule has 0 spiro atoms. The molecule has 29 heavy (non-hydrogen) atoms. The lowest BCUT2D eigenvalue weighted by Gasteiger charge is -2.19. The first-order chi connectivity index (χ1) is 14.0. The van der Waals surface area contributed by atoms with Crippen molar-refractivity contribution in [1.82, 2.24) is 14.5 Å². The third kappa shape index (κ3) is 4.92. The summed E-state index contributed by atoms with van der Waals surface area (Å²) < 4.78 is 24.3. The molecular weight excluding hydrogens is 379 g/mol. The van der Waals surface area contributed by atoms with Gasteiger partial charge in [-0.1, -0.05) is 12.1 Å². The number of rotatable bonds is 10. The SMILES string of the molecule is CCN(CC)C(=O)c1c(NC=O)nc(/C=C/c2ccc(OC)c(OCF)c2)n1C. The van der Waals surface area contributed by atoms with Crippen LogP contribution in [0.25, 0.3) is 12.2 Å². The van der Waals surface area contributed by atoms with E-state index in [1.807, 2.05) is 13.8 Å². The number of anilines is 1. The number of ether oxygens (including phenoxy) is 2. The van der Waals surface area contributed by atoms with E-state index in [0.717, 1.165) is 5.56 Å². The molecule has 0 saturated carbocycles. The number of hydrogen-bond donors (Lipinski definition) is 1. The topological polar surface area (TPSA) is 85.7 Å². The zero-order chi connectivity index (χ0) is 21.4. The van der Waals surface area contributed by atoms with Gasteiger partial charge in [0.05, 0.1) is 7.11 Å². The number of amides is 2. The molecule has 156 valence electrons. The zero-order valence-corrected chi connectivity index (χ0v) is 16.9. The van der Waals surface area contributed by atoms with Crippen molar-refractivity contribution in [3.63, 3.8) is 0 Å². The maximum Gasteiger partial charge on any atom is 0.274 e. The van der Waals surface area contributed by atoms with Crippen molar-refractivity contribution >= 4 is 30.3 Å². The fraction of sp³-hybridized carbons (Fsp3) is 0.350. The molecular formula is C20H25FN4O4. The van der Waals surface area contributed by atoms with E-state index in [1.165, 1.54) is 7.11 Å². The summed E-state index contributed by atoms with van der Waals surface area (Å²) in [6.45, 7) is 3.86. The van der Waals surface area contributed by atoms with E-state index in [4.69, 9.17) is 9.47 Å². The Hall–Kier alpha value is -3.36. The molecule has 0 aliphatic rings. The van der Waals surface area contributed by atoms with Gasteiger partial charge in [0.1, 0.15) is 5.82 Å². The van der Waals surface area contributed by atoms with E-state index in [2.05, 4.69) is 10.3 Å². The van der Waals surface area contributed by atoms with Gasteiger partial charge in [0.25, 0.3) is 5.91 Å². The number of hydrogen-bond acceptors (Lipinski definition) is 5. The van der Waals surface area contributed by atoms with E-state index in [-0.39, 0.29) is 23.2 Å². The molecule has 0 bridgehead atoms. The van der Waals surface area contributed by atoms with Crippen LogP contribution in [-0.2, 0) is 11.8 Å². The number of alkyl halides is 1. The number of benzene rings is 1.